The smallest absolute Gasteiger partial charge is 0.225 e. The van der Waals surface area contributed by atoms with Crippen LogP contribution in [0.15, 0.2) is 48.7 Å². The number of allylic oxidation sites excluding steroid dienone is 5. The van der Waals surface area contributed by atoms with Crippen molar-refractivity contribution in [3.05, 3.63) is 48.7 Å². The van der Waals surface area contributed by atoms with Crippen molar-refractivity contribution in [1.82, 2.24) is 9.62 Å². The van der Waals surface area contributed by atoms with E-state index >= 15 is 0 Å². The molecule has 1 atom stereocenters. The molecule has 0 saturated carbocycles. The first-order chi connectivity index (χ1) is 9.49. The highest BCUT2D eigenvalue weighted by atomic mass is 32.2. The zero-order chi connectivity index (χ0) is 15.1. The number of rotatable bonds is 5. The molecular formula is C14H20N2O3S. The maximum atomic E-state index is 11.4. The van der Waals surface area contributed by atoms with Gasteiger partial charge < -0.3 is 5.32 Å². The van der Waals surface area contributed by atoms with Gasteiger partial charge >= 0.3 is 0 Å². The average Bonchev–Trinajstić information content (AvgIpc) is 2.38. The monoisotopic (exact) mass is 296 g/mol. The molecular weight excluding hydrogens is 276 g/mol. The standard InChI is InChI=1S/C14H20N2O3S/c1-4-6-13-8-12(9-15-11(3)17)10-16(20(18)19)14(13)7-5-2/h4-7,12,20H,1-2,8-10H2,3H3,(H,15,17)/b13-6-,14-7+/t12-/m0/s1. The molecule has 0 bridgehead atoms. The molecule has 6 heteroatoms. The van der Waals surface area contributed by atoms with Crippen molar-refractivity contribution in [1.29, 1.82) is 0 Å². The van der Waals surface area contributed by atoms with Crippen LogP contribution in [0.5, 0.6) is 0 Å². The van der Waals surface area contributed by atoms with E-state index in [1.807, 2.05) is 0 Å². The van der Waals surface area contributed by atoms with Crippen LogP contribution in [0, 0.1) is 5.92 Å². The Bertz CT molecular complexity index is 525. The van der Waals surface area contributed by atoms with Crippen molar-refractivity contribution in [2.75, 3.05) is 13.1 Å². The van der Waals surface area contributed by atoms with Crippen LogP contribution in [-0.2, 0) is 15.7 Å². The summed E-state index contributed by atoms with van der Waals surface area (Å²) in [5.74, 6) is -0.0790. The quantitative estimate of drug-likeness (QED) is 0.748. The van der Waals surface area contributed by atoms with Gasteiger partial charge in [-0.05, 0) is 24.0 Å². The molecule has 0 spiro atoms. The minimum Gasteiger partial charge on any atom is -0.356 e. The number of nitrogens with one attached hydrogen (secondary N) is 1. The van der Waals surface area contributed by atoms with Crippen LogP contribution >= 0.6 is 0 Å². The summed E-state index contributed by atoms with van der Waals surface area (Å²) in [5, 5.41) is 2.73. The van der Waals surface area contributed by atoms with E-state index < -0.39 is 10.9 Å². The van der Waals surface area contributed by atoms with Gasteiger partial charge in [0.2, 0.25) is 16.8 Å². The van der Waals surface area contributed by atoms with Crippen LogP contribution in [-0.4, -0.2) is 31.7 Å². The summed E-state index contributed by atoms with van der Waals surface area (Å²) in [6.07, 6.45) is 7.34. The zero-order valence-corrected chi connectivity index (χ0v) is 12.4. The Labute approximate surface area is 121 Å². The molecule has 1 aliphatic rings. The Hall–Kier alpha value is -1.82. The molecule has 1 N–H and O–H groups in total. The minimum absolute atomic E-state index is 0.0416. The molecule has 1 fully saturated rings. The summed E-state index contributed by atoms with van der Waals surface area (Å²) in [6.45, 7) is 9.51. The summed E-state index contributed by atoms with van der Waals surface area (Å²) in [6, 6.07) is 0. The molecule has 0 radical (unpaired) electrons. The van der Waals surface area contributed by atoms with Gasteiger partial charge in [-0.15, -0.1) is 0 Å². The van der Waals surface area contributed by atoms with Gasteiger partial charge in [0, 0.05) is 20.0 Å². The SMILES string of the molecule is C=C/C=C1/C[C@@H](CNC(C)=O)CN([SH](=O)=O)/C1=C/C=C. The van der Waals surface area contributed by atoms with Crippen LogP contribution in [0.2, 0.25) is 0 Å². The lowest BCUT2D eigenvalue weighted by Crippen LogP contribution is -2.39. The number of piperidine rings is 1. The third kappa shape index (κ3) is 4.38. The molecule has 0 unspecified atom stereocenters. The summed E-state index contributed by atoms with van der Waals surface area (Å²) >= 11 is 0. The van der Waals surface area contributed by atoms with Crippen LogP contribution in [0.25, 0.3) is 0 Å². The van der Waals surface area contributed by atoms with Crippen molar-refractivity contribution in [2.24, 2.45) is 5.92 Å². The number of thiol groups is 1. The van der Waals surface area contributed by atoms with E-state index in [0.29, 0.717) is 25.2 Å². The van der Waals surface area contributed by atoms with E-state index in [1.54, 1.807) is 24.3 Å². The molecule has 1 saturated heterocycles. The average molecular weight is 296 g/mol. The zero-order valence-electron chi connectivity index (χ0n) is 11.5. The normalized spacial score (nSPS) is 23.1. The molecule has 20 heavy (non-hydrogen) atoms. The predicted molar refractivity (Wildman–Crippen MR) is 80.4 cm³/mol. The Kier molecular flexibility index (Phi) is 6.24. The lowest BCUT2D eigenvalue weighted by molar-refractivity contribution is -0.119. The van der Waals surface area contributed by atoms with Crippen molar-refractivity contribution in [3.8, 4) is 0 Å². The Balaban J connectivity index is 3.04. The van der Waals surface area contributed by atoms with E-state index in [0.717, 1.165) is 5.57 Å². The van der Waals surface area contributed by atoms with E-state index in [9.17, 15) is 13.2 Å². The summed E-state index contributed by atoms with van der Waals surface area (Å²) in [7, 11) is -2.73. The molecule has 0 aromatic rings. The summed E-state index contributed by atoms with van der Waals surface area (Å²) in [4.78, 5) is 11.0. The van der Waals surface area contributed by atoms with Gasteiger partial charge in [0.25, 0.3) is 0 Å². The van der Waals surface area contributed by atoms with Crippen LogP contribution in [0.1, 0.15) is 13.3 Å². The Morgan fingerprint density at radius 2 is 2.05 bits per heavy atom. The van der Waals surface area contributed by atoms with Gasteiger partial charge in [0.15, 0.2) is 0 Å². The van der Waals surface area contributed by atoms with Gasteiger partial charge in [-0.25, -0.2) is 8.42 Å². The second-order valence-corrected chi connectivity index (χ2v) is 5.50. The number of amides is 1. The van der Waals surface area contributed by atoms with Gasteiger partial charge in [0.1, 0.15) is 0 Å². The number of hydrogen-bond donors (Lipinski definition) is 2. The van der Waals surface area contributed by atoms with Crippen molar-refractivity contribution < 1.29 is 13.2 Å². The maximum absolute atomic E-state index is 11.4. The van der Waals surface area contributed by atoms with Crippen molar-refractivity contribution in [2.45, 2.75) is 13.3 Å². The fraction of sp³-hybridized carbons (Fsp3) is 0.357. The van der Waals surface area contributed by atoms with Gasteiger partial charge in [-0.1, -0.05) is 31.4 Å². The van der Waals surface area contributed by atoms with Crippen LogP contribution in [0.3, 0.4) is 0 Å². The number of carbonyl (C=O) groups excluding carboxylic acids is 1. The molecule has 5 nitrogen and oxygen atoms in total. The second kappa shape index (κ2) is 7.69. The number of carbonyl (C=O) groups is 1. The molecule has 0 aliphatic carbocycles. The van der Waals surface area contributed by atoms with Crippen molar-refractivity contribution >= 4 is 16.8 Å². The maximum Gasteiger partial charge on any atom is 0.225 e. The highest BCUT2D eigenvalue weighted by Crippen LogP contribution is 2.30. The topological polar surface area (TPSA) is 66.5 Å². The van der Waals surface area contributed by atoms with Gasteiger partial charge in [0.05, 0.1) is 5.70 Å². The summed E-state index contributed by atoms with van der Waals surface area (Å²) in [5.41, 5.74) is 1.50. The van der Waals surface area contributed by atoms with Crippen molar-refractivity contribution in [3.63, 3.8) is 0 Å². The molecule has 1 aliphatic heterocycles. The molecule has 1 amide bonds. The largest absolute Gasteiger partial charge is 0.356 e. The van der Waals surface area contributed by atoms with Gasteiger partial charge in [-0.3, -0.25) is 9.10 Å². The van der Waals surface area contributed by atoms with E-state index in [4.69, 9.17) is 0 Å². The molecule has 0 aromatic carbocycles. The summed E-state index contributed by atoms with van der Waals surface area (Å²) < 4.78 is 24.2. The van der Waals surface area contributed by atoms with Gasteiger partial charge in [-0.2, -0.15) is 0 Å². The van der Waals surface area contributed by atoms with E-state index in [-0.39, 0.29) is 11.8 Å². The first kappa shape index (κ1) is 16.2. The molecule has 0 aromatic heterocycles. The fourth-order valence-electron chi connectivity index (χ4n) is 2.17. The first-order valence-electron chi connectivity index (χ1n) is 6.30. The predicted octanol–water partition coefficient (Wildman–Crippen LogP) is 1.15. The highest BCUT2D eigenvalue weighted by Gasteiger charge is 2.27. The second-order valence-electron chi connectivity index (χ2n) is 4.54. The van der Waals surface area contributed by atoms with Crippen LogP contribution in [0.4, 0.5) is 0 Å². The van der Waals surface area contributed by atoms with Crippen LogP contribution < -0.4 is 5.32 Å². The Morgan fingerprint density at radius 1 is 1.40 bits per heavy atom. The highest BCUT2D eigenvalue weighted by molar-refractivity contribution is 7.70. The third-order valence-corrected chi connectivity index (χ3v) is 3.75. The Morgan fingerprint density at radius 3 is 2.55 bits per heavy atom. The molecule has 1 rings (SSSR count). The lowest BCUT2D eigenvalue weighted by Gasteiger charge is -2.34. The fourth-order valence-corrected chi connectivity index (χ4v) is 2.90. The number of hydrogen-bond acceptors (Lipinski definition) is 3. The first-order valence-corrected chi connectivity index (χ1v) is 7.43. The third-order valence-electron chi connectivity index (χ3n) is 2.98. The molecule has 110 valence electrons. The molecule has 1 heterocycles. The minimum atomic E-state index is -2.73. The van der Waals surface area contributed by atoms with E-state index in [1.165, 1.54) is 11.2 Å². The van der Waals surface area contributed by atoms with E-state index in [2.05, 4.69) is 18.5 Å². The lowest BCUT2D eigenvalue weighted by atomic mass is 9.92. The number of nitrogens with zero attached hydrogens (tertiary/aromatic N) is 1.